The maximum absolute atomic E-state index is 12.0. The molecule has 0 spiro atoms. The molecule has 2 rings (SSSR count). The van der Waals surface area contributed by atoms with Gasteiger partial charge in [0, 0.05) is 10.6 Å². The zero-order chi connectivity index (χ0) is 16.7. The topological polar surface area (TPSA) is 58.2 Å². The molecule has 0 fully saturated rings. The first-order valence-electron chi connectivity index (χ1n) is 7.40. The van der Waals surface area contributed by atoms with Crippen LogP contribution in [0.4, 0.5) is 0 Å². The van der Waals surface area contributed by atoms with Gasteiger partial charge in [0.05, 0.1) is 10.6 Å². The van der Waals surface area contributed by atoms with Crippen LogP contribution in [0.3, 0.4) is 0 Å². The van der Waals surface area contributed by atoms with Gasteiger partial charge >= 0.3 is 0 Å². The van der Waals surface area contributed by atoms with Crippen LogP contribution in [-0.2, 0) is 17.0 Å². The van der Waals surface area contributed by atoms with Crippen molar-refractivity contribution < 1.29 is 9.59 Å². The molecule has 0 saturated heterocycles. The number of hydrogen-bond acceptors (Lipinski definition) is 4. The number of rotatable bonds is 6. The van der Waals surface area contributed by atoms with Crippen molar-refractivity contribution in [1.29, 1.82) is 0 Å². The first kappa shape index (κ1) is 17.6. The van der Waals surface area contributed by atoms with Crippen LogP contribution in [-0.4, -0.2) is 17.6 Å². The third-order valence-corrected chi connectivity index (χ3v) is 5.61. The quantitative estimate of drug-likeness (QED) is 0.788. The van der Waals surface area contributed by atoms with Gasteiger partial charge in [0.1, 0.15) is 0 Å². The monoisotopic (exact) mass is 348 g/mol. The molecule has 0 unspecified atom stereocenters. The van der Waals surface area contributed by atoms with E-state index in [-0.39, 0.29) is 11.8 Å². The van der Waals surface area contributed by atoms with Crippen LogP contribution in [0.1, 0.15) is 32.6 Å². The number of carbonyl (C=O) groups is 2. The standard InChI is InChI=1S/C17H20N2O2S2/c1-3-14-12(2)9-15(23-14)17(21)19-18-16(20)11-22-10-13-7-5-4-6-8-13/h4-9H,3,10-11H2,1-2H3,(H,18,20)(H,19,21). The van der Waals surface area contributed by atoms with Crippen LogP contribution in [0.25, 0.3) is 0 Å². The zero-order valence-electron chi connectivity index (χ0n) is 13.2. The van der Waals surface area contributed by atoms with Crippen molar-refractivity contribution in [3.05, 3.63) is 57.3 Å². The van der Waals surface area contributed by atoms with Gasteiger partial charge in [-0.05, 0) is 30.5 Å². The number of benzene rings is 1. The van der Waals surface area contributed by atoms with Crippen molar-refractivity contribution in [2.24, 2.45) is 0 Å². The Morgan fingerprint density at radius 3 is 2.57 bits per heavy atom. The Labute approximate surface area is 144 Å². The van der Waals surface area contributed by atoms with Crippen LogP contribution in [0.5, 0.6) is 0 Å². The fraction of sp³-hybridized carbons (Fsp3) is 0.294. The predicted octanol–water partition coefficient (Wildman–Crippen LogP) is 3.31. The SMILES string of the molecule is CCc1sc(C(=O)NNC(=O)CSCc2ccccc2)cc1C. The summed E-state index contributed by atoms with van der Waals surface area (Å²) in [5, 5.41) is 0. The zero-order valence-corrected chi connectivity index (χ0v) is 14.9. The summed E-state index contributed by atoms with van der Waals surface area (Å²) in [5.41, 5.74) is 7.23. The number of aryl methyl sites for hydroxylation is 2. The average Bonchev–Trinajstić information content (AvgIpc) is 2.94. The maximum atomic E-state index is 12.0. The van der Waals surface area contributed by atoms with E-state index in [1.54, 1.807) is 0 Å². The summed E-state index contributed by atoms with van der Waals surface area (Å²) in [7, 11) is 0. The second-order valence-electron chi connectivity index (χ2n) is 5.05. The van der Waals surface area contributed by atoms with Crippen molar-refractivity contribution in [3.63, 3.8) is 0 Å². The number of hydrogen-bond donors (Lipinski definition) is 2. The molecule has 0 aliphatic rings. The van der Waals surface area contributed by atoms with Gasteiger partial charge in [-0.3, -0.25) is 20.4 Å². The van der Waals surface area contributed by atoms with Gasteiger partial charge in [-0.2, -0.15) is 0 Å². The fourth-order valence-electron chi connectivity index (χ4n) is 2.04. The first-order valence-corrected chi connectivity index (χ1v) is 9.37. The molecule has 2 aromatic rings. The molecule has 4 nitrogen and oxygen atoms in total. The highest BCUT2D eigenvalue weighted by molar-refractivity contribution is 7.99. The number of thioether (sulfide) groups is 1. The normalized spacial score (nSPS) is 10.3. The van der Waals surface area contributed by atoms with Crippen molar-refractivity contribution in [2.45, 2.75) is 26.0 Å². The molecule has 122 valence electrons. The van der Waals surface area contributed by atoms with Crippen LogP contribution in [0.15, 0.2) is 36.4 Å². The summed E-state index contributed by atoms with van der Waals surface area (Å²) in [6.07, 6.45) is 0.909. The lowest BCUT2D eigenvalue weighted by molar-refractivity contribution is -0.119. The van der Waals surface area contributed by atoms with Gasteiger partial charge in [-0.25, -0.2) is 0 Å². The van der Waals surface area contributed by atoms with E-state index in [2.05, 4.69) is 17.8 Å². The van der Waals surface area contributed by atoms with E-state index in [0.717, 1.165) is 17.7 Å². The highest BCUT2D eigenvalue weighted by Gasteiger charge is 2.12. The molecule has 0 radical (unpaired) electrons. The van der Waals surface area contributed by atoms with Gasteiger partial charge < -0.3 is 0 Å². The first-order chi connectivity index (χ1) is 11.1. The Morgan fingerprint density at radius 2 is 1.91 bits per heavy atom. The molecule has 1 heterocycles. The van der Waals surface area contributed by atoms with E-state index < -0.39 is 0 Å². The molecular weight excluding hydrogens is 328 g/mol. The minimum Gasteiger partial charge on any atom is -0.272 e. The van der Waals surface area contributed by atoms with Crippen LogP contribution in [0.2, 0.25) is 0 Å². The third-order valence-electron chi connectivity index (χ3n) is 3.23. The number of hydrazine groups is 1. The van der Waals surface area contributed by atoms with Crippen molar-refractivity contribution in [3.8, 4) is 0 Å². The lowest BCUT2D eigenvalue weighted by Gasteiger charge is -2.06. The molecule has 6 heteroatoms. The van der Waals surface area contributed by atoms with Crippen LogP contribution in [0, 0.1) is 6.92 Å². The van der Waals surface area contributed by atoms with E-state index in [0.29, 0.717) is 10.6 Å². The van der Waals surface area contributed by atoms with Crippen LogP contribution >= 0.6 is 23.1 Å². The van der Waals surface area contributed by atoms with Crippen molar-refractivity contribution in [2.75, 3.05) is 5.75 Å². The lowest BCUT2D eigenvalue weighted by atomic mass is 10.2. The molecule has 2 N–H and O–H groups in total. The highest BCUT2D eigenvalue weighted by Crippen LogP contribution is 2.22. The van der Waals surface area contributed by atoms with Gasteiger partial charge in [0.25, 0.3) is 5.91 Å². The van der Waals surface area contributed by atoms with Gasteiger partial charge in [0.2, 0.25) is 5.91 Å². The molecule has 23 heavy (non-hydrogen) atoms. The summed E-state index contributed by atoms with van der Waals surface area (Å²) in [4.78, 5) is 25.6. The Kier molecular flexibility index (Phi) is 6.67. The molecule has 0 atom stereocenters. The molecule has 0 saturated carbocycles. The molecular formula is C17H20N2O2S2. The minimum atomic E-state index is -0.265. The smallest absolute Gasteiger partial charge is 0.272 e. The van der Waals surface area contributed by atoms with Crippen molar-refractivity contribution in [1.82, 2.24) is 10.9 Å². The number of carbonyl (C=O) groups excluding carboxylic acids is 2. The second kappa shape index (κ2) is 8.74. The average molecular weight is 348 g/mol. The van der Waals surface area contributed by atoms with Gasteiger partial charge in [0.15, 0.2) is 0 Å². The Bertz CT molecular complexity index is 668. The second-order valence-corrected chi connectivity index (χ2v) is 7.17. The summed E-state index contributed by atoms with van der Waals surface area (Å²) in [6.45, 7) is 4.05. The number of nitrogens with one attached hydrogen (secondary N) is 2. The molecule has 0 aliphatic heterocycles. The van der Waals surface area contributed by atoms with Crippen LogP contribution < -0.4 is 10.9 Å². The number of amides is 2. The molecule has 0 aliphatic carbocycles. The predicted molar refractivity (Wildman–Crippen MR) is 96.6 cm³/mol. The Balaban J connectivity index is 1.72. The van der Waals surface area contributed by atoms with E-state index >= 15 is 0 Å². The Morgan fingerprint density at radius 1 is 1.17 bits per heavy atom. The maximum Gasteiger partial charge on any atom is 0.279 e. The van der Waals surface area contributed by atoms with E-state index in [1.165, 1.54) is 33.5 Å². The Hall–Kier alpha value is -1.79. The van der Waals surface area contributed by atoms with Crippen molar-refractivity contribution >= 4 is 34.9 Å². The molecule has 1 aromatic heterocycles. The molecule has 0 bridgehead atoms. The minimum absolute atomic E-state index is 0.205. The summed E-state index contributed by atoms with van der Waals surface area (Å²) < 4.78 is 0. The van der Waals surface area contributed by atoms with Gasteiger partial charge in [-0.15, -0.1) is 23.1 Å². The summed E-state index contributed by atoms with van der Waals surface area (Å²) in [5.74, 6) is 0.605. The largest absolute Gasteiger partial charge is 0.279 e. The highest BCUT2D eigenvalue weighted by atomic mass is 32.2. The lowest BCUT2D eigenvalue weighted by Crippen LogP contribution is -2.42. The third kappa shape index (κ3) is 5.41. The van der Waals surface area contributed by atoms with E-state index in [1.807, 2.05) is 43.3 Å². The fourth-order valence-corrected chi connectivity index (χ4v) is 3.84. The summed E-state index contributed by atoms with van der Waals surface area (Å²) >= 11 is 2.98. The molecule has 1 aromatic carbocycles. The van der Waals surface area contributed by atoms with E-state index in [9.17, 15) is 9.59 Å². The van der Waals surface area contributed by atoms with Gasteiger partial charge in [-0.1, -0.05) is 37.3 Å². The summed E-state index contributed by atoms with van der Waals surface area (Å²) in [6, 6.07) is 11.8. The number of thiophene rings is 1. The van der Waals surface area contributed by atoms with E-state index in [4.69, 9.17) is 0 Å². The molecule has 2 amide bonds.